The second kappa shape index (κ2) is 9.11. The summed E-state index contributed by atoms with van der Waals surface area (Å²) in [5.74, 6) is 0.460. The van der Waals surface area contributed by atoms with E-state index in [0.717, 1.165) is 49.9 Å². The molecule has 1 N–H and O–H groups in total. The third-order valence-electron chi connectivity index (χ3n) is 6.74. The lowest BCUT2D eigenvalue weighted by molar-refractivity contribution is -0.137. The van der Waals surface area contributed by atoms with E-state index in [-0.39, 0.29) is 30.7 Å². The standard InChI is InChI=1S/C21H28N4O2.2ClH/c1-24(17-12-15-6-7-16(13-17)22-15)20(26)14-8-10-25(11-9-14)21-23-18-4-2-3-5-19(18)27-21;;/h2-5,14-17,22H,6-13H2,1H3;2*1H. The zero-order valence-corrected chi connectivity index (χ0v) is 18.4. The van der Waals surface area contributed by atoms with E-state index in [0.29, 0.717) is 30.0 Å². The zero-order valence-electron chi connectivity index (χ0n) is 16.8. The van der Waals surface area contributed by atoms with Gasteiger partial charge in [-0.25, -0.2) is 0 Å². The van der Waals surface area contributed by atoms with Crippen LogP contribution in [0.5, 0.6) is 0 Å². The summed E-state index contributed by atoms with van der Waals surface area (Å²) in [6.07, 6.45) is 6.51. The fraction of sp³-hybridized carbons (Fsp3) is 0.619. The van der Waals surface area contributed by atoms with Gasteiger partial charge in [0.1, 0.15) is 5.52 Å². The molecule has 0 spiro atoms. The Labute approximate surface area is 184 Å². The number of amides is 1. The van der Waals surface area contributed by atoms with Crippen LogP contribution in [-0.4, -0.2) is 54.1 Å². The quantitative estimate of drug-likeness (QED) is 0.789. The molecule has 2 unspecified atom stereocenters. The van der Waals surface area contributed by atoms with Gasteiger partial charge in [0.05, 0.1) is 0 Å². The minimum atomic E-state index is 0. The van der Waals surface area contributed by atoms with Crippen molar-refractivity contribution in [2.24, 2.45) is 5.92 Å². The number of nitrogens with one attached hydrogen (secondary N) is 1. The van der Waals surface area contributed by atoms with Gasteiger partial charge in [0.15, 0.2) is 5.58 Å². The Bertz CT molecular complexity index is 792. The molecule has 0 saturated carbocycles. The predicted octanol–water partition coefficient (Wildman–Crippen LogP) is 3.63. The number of para-hydroxylation sites is 2. The molecular formula is C21H30Cl2N4O2. The highest BCUT2D eigenvalue weighted by molar-refractivity contribution is 5.85. The SMILES string of the molecule is CN(C(=O)C1CCN(c2nc3ccccc3o2)CC1)C1CC2CCC(C1)N2.Cl.Cl. The van der Waals surface area contributed by atoms with Crippen molar-refractivity contribution in [1.29, 1.82) is 0 Å². The number of anilines is 1. The van der Waals surface area contributed by atoms with Crippen molar-refractivity contribution in [3.63, 3.8) is 0 Å². The highest BCUT2D eigenvalue weighted by atomic mass is 35.5. The maximum atomic E-state index is 13.1. The Morgan fingerprint density at radius 2 is 1.76 bits per heavy atom. The van der Waals surface area contributed by atoms with Crippen molar-refractivity contribution < 1.29 is 9.21 Å². The maximum absolute atomic E-state index is 13.1. The van der Waals surface area contributed by atoms with Crippen LogP contribution in [0, 0.1) is 5.92 Å². The van der Waals surface area contributed by atoms with Crippen molar-refractivity contribution >= 4 is 47.8 Å². The smallest absolute Gasteiger partial charge is 0.298 e. The van der Waals surface area contributed by atoms with Gasteiger partial charge < -0.3 is 19.5 Å². The van der Waals surface area contributed by atoms with Gasteiger partial charge >= 0.3 is 0 Å². The summed E-state index contributed by atoms with van der Waals surface area (Å²) < 4.78 is 5.89. The Balaban J connectivity index is 0.00000120. The normalized spacial score (nSPS) is 26.7. The number of benzene rings is 1. The molecule has 2 aromatic rings. The van der Waals surface area contributed by atoms with E-state index in [4.69, 9.17) is 4.42 Å². The summed E-state index contributed by atoms with van der Waals surface area (Å²) in [5.41, 5.74) is 1.72. The van der Waals surface area contributed by atoms with Crippen molar-refractivity contribution in [1.82, 2.24) is 15.2 Å². The number of rotatable bonds is 3. The van der Waals surface area contributed by atoms with E-state index >= 15 is 0 Å². The first-order valence-electron chi connectivity index (χ1n) is 10.3. The lowest BCUT2D eigenvalue weighted by atomic mass is 9.92. The van der Waals surface area contributed by atoms with Crippen molar-refractivity contribution in [3.8, 4) is 0 Å². The summed E-state index contributed by atoms with van der Waals surface area (Å²) in [5, 5.41) is 3.67. The topological polar surface area (TPSA) is 61.6 Å². The van der Waals surface area contributed by atoms with E-state index in [1.807, 2.05) is 31.3 Å². The number of carbonyl (C=O) groups excluding carboxylic acids is 1. The van der Waals surface area contributed by atoms with Gasteiger partial charge in [-0.3, -0.25) is 4.79 Å². The van der Waals surface area contributed by atoms with Crippen LogP contribution < -0.4 is 10.2 Å². The second-order valence-electron chi connectivity index (χ2n) is 8.44. The van der Waals surface area contributed by atoms with Crippen LogP contribution in [0.1, 0.15) is 38.5 Å². The van der Waals surface area contributed by atoms with E-state index in [9.17, 15) is 4.79 Å². The number of hydrogen-bond acceptors (Lipinski definition) is 5. The number of carbonyl (C=O) groups is 1. The van der Waals surface area contributed by atoms with E-state index in [1.54, 1.807) is 0 Å². The minimum absolute atomic E-state index is 0. The molecule has 29 heavy (non-hydrogen) atoms. The monoisotopic (exact) mass is 440 g/mol. The number of hydrogen-bond donors (Lipinski definition) is 1. The second-order valence-corrected chi connectivity index (χ2v) is 8.44. The molecule has 0 aliphatic carbocycles. The van der Waals surface area contributed by atoms with Gasteiger partial charge in [-0.05, 0) is 50.7 Å². The highest BCUT2D eigenvalue weighted by Gasteiger charge is 2.38. The van der Waals surface area contributed by atoms with Crippen molar-refractivity contribution in [2.75, 3.05) is 25.0 Å². The van der Waals surface area contributed by atoms with Crippen LogP contribution >= 0.6 is 24.8 Å². The molecule has 4 heterocycles. The number of oxazole rings is 1. The fourth-order valence-corrected chi connectivity index (χ4v) is 5.12. The lowest BCUT2D eigenvalue weighted by Gasteiger charge is -2.38. The number of halogens is 2. The Morgan fingerprint density at radius 1 is 1.10 bits per heavy atom. The molecule has 3 fully saturated rings. The molecule has 1 amide bonds. The molecule has 3 saturated heterocycles. The van der Waals surface area contributed by atoms with Gasteiger partial charge in [-0.15, -0.1) is 24.8 Å². The van der Waals surface area contributed by atoms with Crippen LogP contribution in [-0.2, 0) is 4.79 Å². The molecular weight excluding hydrogens is 411 g/mol. The largest absolute Gasteiger partial charge is 0.423 e. The first-order valence-corrected chi connectivity index (χ1v) is 10.3. The summed E-state index contributed by atoms with van der Waals surface area (Å²) in [6.45, 7) is 1.66. The Kier molecular flexibility index (Phi) is 6.97. The van der Waals surface area contributed by atoms with E-state index in [2.05, 4.69) is 20.1 Å². The average Bonchev–Trinajstić information content (AvgIpc) is 3.29. The van der Waals surface area contributed by atoms with Gasteiger partial charge in [0.25, 0.3) is 6.01 Å². The van der Waals surface area contributed by atoms with Crippen molar-refractivity contribution in [3.05, 3.63) is 24.3 Å². The minimum Gasteiger partial charge on any atom is -0.423 e. The zero-order chi connectivity index (χ0) is 18.4. The van der Waals surface area contributed by atoms with Crippen LogP contribution in [0.4, 0.5) is 6.01 Å². The number of aromatic nitrogens is 1. The molecule has 1 aromatic carbocycles. The van der Waals surface area contributed by atoms with Gasteiger partial charge in [0, 0.05) is 44.2 Å². The van der Waals surface area contributed by atoms with E-state index in [1.165, 1.54) is 12.8 Å². The molecule has 1 aromatic heterocycles. The molecule has 0 radical (unpaired) electrons. The maximum Gasteiger partial charge on any atom is 0.298 e. The van der Waals surface area contributed by atoms with Crippen LogP contribution in [0.3, 0.4) is 0 Å². The first kappa shape index (κ1) is 22.2. The van der Waals surface area contributed by atoms with Gasteiger partial charge in [-0.2, -0.15) is 4.98 Å². The predicted molar refractivity (Wildman–Crippen MR) is 119 cm³/mol. The Hall–Kier alpha value is -1.50. The lowest BCUT2D eigenvalue weighted by Crippen LogP contribution is -2.51. The molecule has 5 rings (SSSR count). The number of nitrogens with zero attached hydrogens (tertiary/aromatic N) is 3. The molecule has 3 aliphatic heterocycles. The van der Waals surface area contributed by atoms with Crippen molar-refractivity contribution in [2.45, 2.75) is 56.7 Å². The first-order chi connectivity index (χ1) is 13.2. The highest BCUT2D eigenvalue weighted by Crippen LogP contribution is 2.32. The third-order valence-corrected chi connectivity index (χ3v) is 6.74. The summed E-state index contributed by atoms with van der Waals surface area (Å²) in [4.78, 5) is 21.9. The summed E-state index contributed by atoms with van der Waals surface area (Å²) in [7, 11) is 2.02. The molecule has 8 heteroatoms. The molecule has 2 atom stereocenters. The Morgan fingerprint density at radius 3 is 2.41 bits per heavy atom. The summed E-state index contributed by atoms with van der Waals surface area (Å²) >= 11 is 0. The molecule has 2 bridgehead atoms. The van der Waals surface area contributed by atoms with E-state index < -0.39 is 0 Å². The molecule has 3 aliphatic rings. The summed E-state index contributed by atoms with van der Waals surface area (Å²) in [6, 6.07) is 10.2. The van der Waals surface area contributed by atoms with Crippen LogP contribution in [0.15, 0.2) is 28.7 Å². The number of piperidine rings is 2. The van der Waals surface area contributed by atoms with Crippen LogP contribution in [0.25, 0.3) is 11.1 Å². The average molecular weight is 441 g/mol. The molecule has 6 nitrogen and oxygen atoms in total. The van der Waals surface area contributed by atoms with Crippen LogP contribution in [0.2, 0.25) is 0 Å². The van der Waals surface area contributed by atoms with Gasteiger partial charge in [-0.1, -0.05) is 12.1 Å². The fourth-order valence-electron chi connectivity index (χ4n) is 5.12. The third kappa shape index (κ3) is 4.35. The number of fused-ring (bicyclic) bond motifs is 3. The molecule has 160 valence electrons. The van der Waals surface area contributed by atoms with Gasteiger partial charge in [0.2, 0.25) is 5.91 Å².